The number of carbonyl (C=O) groups excluding carboxylic acids is 1. The van der Waals surface area contributed by atoms with Crippen molar-refractivity contribution in [2.24, 2.45) is 0 Å². The molecule has 4 heteroatoms. The van der Waals surface area contributed by atoms with Crippen LogP contribution < -0.4 is 5.32 Å². The highest BCUT2D eigenvalue weighted by molar-refractivity contribution is 6.30. The zero-order valence-electron chi connectivity index (χ0n) is 12.8. The van der Waals surface area contributed by atoms with Gasteiger partial charge < -0.3 is 5.32 Å². The third-order valence-electron chi connectivity index (χ3n) is 3.44. The highest BCUT2D eigenvalue weighted by Gasteiger charge is 2.15. The van der Waals surface area contributed by atoms with E-state index in [1.807, 2.05) is 43.3 Å². The molecule has 23 heavy (non-hydrogen) atoms. The fourth-order valence-corrected chi connectivity index (χ4v) is 2.45. The lowest BCUT2D eigenvalue weighted by Gasteiger charge is -2.17. The third-order valence-corrected chi connectivity index (χ3v) is 3.68. The van der Waals surface area contributed by atoms with Crippen LogP contribution in [-0.2, 0) is 4.79 Å². The van der Waals surface area contributed by atoms with E-state index < -0.39 is 0 Å². The summed E-state index contributed by atoms with van der Waals surface area (Å²) in [5.41, 5.74) is 1.79. The van der Waals surface area contributed by atoms with Crippen LogP contribution >= 0.6 is 11.6 Å². The van der Waals surface area contributed by atoms with Gasteiger partial charge >= 0.3 is 0 Å². The summed E-state index contributed by atoms with van der Waals surface area (Å²) in [6, 6.07) is 18.6. The van der Waals surface area contributed by atoms with Crippen LogP contribution in [0.5, 0.6) is 0 Å². The molecule has 2 aromatic carbocycles. The number of nitrogens with one attached hydrogen (secondary N) is 1. The molecule has 0 spiro atoms. The molecule has 3 nitrogen and oxygen atoms in total. The van der Waals surface area contributed by atoms with Crippen LogP contribution in [0, 0.1) is 11.3 Å². The fraction of sp³-hybridized carbons (Fsp3) is 0.158. The number of halogens is 1. The maximum Gasteiger partial charge on any atom is 0.262 e. The van der Waals surface area contributed by atoms with Gasteiger partial charge in [0, 0.05) is 5.02 Å². The molecule has 116 valence electrons. The molecule has 0 saturated carbocycles. The average Bonchev–Trinajstić information content (AvgIpc) is 2.58. The zero-order valence-corrected chi connectivity index (χ0v) is 13.5. The SMILES string of the molecule is CCC(NC(=O)/C(C#N)=C\c1cccc(Cl)c1)c1ccccc1. The van der Waals surface area contributed by atoms with Gasteiger partial charge in [-0.25, -0.2) is 0 Å². The molecule has 0 heterocycles. The standard InChI is InChI=1S/C19H17ClN2O/c1-2-18(15-8-4-3-5-9-15)22-19(23)16(13-21)11-14-7-6-10-17(20)12-14/h3-12,18H,2H2,1H3,(H,22,23)/b16-11-. The molecule has 2 rings (SSSR count). The van der Waals surface area contributed by atoms with Gasteiger partial charge in [-0.15, -0.1) is 0 Å². The second kappa shape index (κ2) is 8.17. The second-order valence-electron chi connectivity index (χ2n) is 5.07. The molecule has 0 aliphatic carbocycles. The number of benzene rings is 2. The van der Waals surface area contributed by atoms with Gasteiger partial charge in [0.1, 0.15) is 11.6 Å². The smallest absolute Gasteiger partial charge is 0.262 e. The summed E-state index contributed by atoms with van der Waals surface area (Å²) >= 11 is 5.93. The molecule has 0 aromatic heterocycles. The van der Waals surface area contributed by atoms with Crippen molar-refractivity contribution in [3.63, 3.8) is 0 Å². The van der Waals surface area contributed by atoms with E-state index in [1.54, 1.807) is 30.3 Å². The molecule has 0 aliphatic heterocycles. The van der Waals surface area contributed by atoms with E-state index in [2.05, 4.69) is 5.32 Å². The normalized spacial score (nSPS) is 12.3. The van der Waals surface area contributed by atoms with E-state index in [0.29, 0.717) is 5.02 Å². The first-order chi connectivity index (χ1) is 11.1. The maximum absolute atomic E-state index is 12.4. The van der Waals surface area contributed by atoms with Crippen molar-refractivity contribution in [3.05, 3.63) is 76.3 Å². The highest BCUT2D eigenvalue weighted by atomic mass is 35.5. The summed E-state index contributed by atoms with van der Waals surface area (Å²) in [7, 11) is 0. The molecule has 0 radical (unpaired) electrons. The van der Waals surface area contributed by atoms with Crippen molar-refractivity contribution in [2.75, 3.05) is 0 Å². The maximum atomic E-state index is 12.4. The van der Waals surface area contributed by atoms with E-state index in [0.717, 1.165) is 17.5 Å². The largest absolute Gasteiger partial charge is 0.345 e. The van der Waals surface area contributed by atoms with E-state index in [4.69, 9.17) is 11.6 Å². The minimum absolute atomic E-state index is 0.0571. The minimum atomic E-state index is -0.386. The van der Waals surface area contributed by atoms with Gasteiger partial charge in [0.2, 0.25) is 0 Å². The van der Waals surface area contributed by atoms with Crippen molar-refractivity contribution in [1.82, 2.24) is 5.32 Å². The highest BCUT2D eigenvalue weighted by Crippen LogP contribution is 2.18. The van der Waals surface area contributed by atoms with E-state index in [-0.39, 0.29) is 17.5 Å². The number of hydrogen-bond donors (Lipinski definition) is 1. The predicted molar refractivity (Wildman–Crippen MR) is 92.7 cm³/mol. The predicted octanol–water partition coefficient (Wildman–Crippen LogP) is 4.51. The van der Waals surface area contributed by atoms with Gasteiger partial charge in [0.25, 0.3) is 5.91 Å². The number of amides is 1. The Bertz CT molecular complexity index is 747. The number of nitrogens with zero attached hydrogens (tertiary/aromatic N) is 1. The van der Waals surface area contributed by atoms with Gasteiger partial charge in [0.15, 0.2) is 0 Å². The summed E-state index contributed by atoms with van der Waals surface area (Å²) in [4.78, 5) is 12.4. The molecule has 0 saturated heterocycles. The first kappa shape index (κ1) is 16.8. The van der Waals surface area contributed by atoms with Gasteiger partial charge in [-0.2, -0.15) is 5.26 Å². The molecule has 0 bridgehead atoms. The van der Waals surface area contributed by atoms with Crippen molar-refractivity contribution in [1.29, 1.82) is 5.26 Å². The molecular formula is C19H17ClN2O. The van der Waals surface area contributed by atoms with Crippen LogP contribution in [0.3, 0.4) is 0 Å². The molecule has 0 aliphatic rings. The summed E-state index contributed by atoms with van der Waals surface area (Å²) in [6.45, 7) is 1.99. The molecule has 1 atom stereocenters. The Morgan fingerprint density at radius 1 is 1.26 bits per heavy atom. The number of carbonyl (C=O) groups is 1. The second-order valence-corrected chi connectivity index (χ2v) is 5.51. The van der Waals surface area contributed by atoms with E-state index >= 15 is 0 Å². The Labute approximate surface area is 141 Å². The van der Waals surface area contributed by atoms with Crippen molar-refractivity contribution in [3.8, 4) is 6.07 Å². The molecule has 0 fully saturated rings. The zero-order chi connectivity index (χ0) is 16.7. The molecule has 1 N–H and O–H groups in total. The first-order valence-electron chi connectivity index (χ1n) is 7.37. The lowest BCUT2D eigenvalue weighted by molar-refractivity contribution is -0.117. The van der Waals surface area contributed by atoms with Crippen molar-refractivity contribution < 1.29 is 4.79 Å². The molecule has 1 unspecified atom stereocenters. The Morgan fingerprint density at radius 3 is 2.61 bits per heavy atom. The van der Waals surface area contributed by atoms with Crippen molar-refractivity contribution >= 4 is 23.6 Å². The van der Waals surface area contributed by atoms with E-state index in [1.165, 1.54) is 0 Å². The van der Waals surface area contributed by atoms with Crippen LogP contribution in [0.15, 0.2) is 60.2 Å². The van der Waals surface area contributed by atoms with Crippen LogP contribution in [-0.4, -0.2) is 5.91 Å². The molecular weight excluding hydrogens is 308 g/mol. The Kier molecular flexibility index (Phi) is 5.96. The fourth-order valence-electron chi connectivity index (χ4n) is 2.25. The molecule has 2 aromatic rings. The topological polar surface area (TPSA) is 52.9 Å². The minimum Gasteiger partial charge on any atom is -0.345 e. The van der Waals surface area contributed by atoms with Crippen LogP contribution in [0.2, 0.25) is 5.02 Å². The van der Waals surface area contributed by atoms with Gasteiger partial charge in [-0.1, -0.05) is 61.0 Å². The summed E-state index contributed by atoms with van der Waals surface area (Å²) < 4.78 is 0. The van der Waals surface area contributed by atoms with Gasteiger partial charge in [-0.05, 0) is 35.8 Å². The lowest BCUT2D eigenvalue weighted by Crippen LogP contribution is -2.29. The van der Waals surface area contributed by atoms with Crippen molar-refractivity contribution in [2.45, 2.75) is 19.4 Å². The van der Waals surface area contributed by atoms with Crippen LogP contribution in [0.4, 0.5) is 0 Å². The lowest BCUT2D eigenvalue weighted by atomic mass is 10.0. The quantitative estimate of drug-likeness (QED) is 0.649. The van der Waals surface area contributed by atoms with E-state index in [9.17, 15) is 10.1 Å². The summed E-state index contributed by atoms with van der Waals surface area (Å²) in [6.07, 6.45) is 2.28. The first-order valence-corrected chi connectivity index (χ1v) is 7.75. The van der Waals surface area contributed by atoms with Crippen LogP contribution in [0.1, 0.15) is 30.5 Å². The molecule has 1 amide bonds. The monoisotopic (exact) mass is 324 g/mol. The Hall–Kier alpha value is -2.57. The average molecular weight is 325 g/mol. The summed E-state index contributed by atoms with van der Waals surface area (Å²) in [5.74, 6) is -0.386. The Balaban J connectivity index is 2.18. The van der Waals surface area contributed by atoms with Gasteiger partial charge in [-0.3, -0.25) is 4.79 Å². The summed E-state index contributed by atoms with van der Waals surface area (Å²) in [5, 5.41) is 12.7. The third kappa shape index (κ3) is 4.70. The van der Waals surface area contributed by atoms with Gasteiger partial charge in [0.05, 0.1) is 6.04 Å². The number of rotatable bonds is 5. The Morgan fingerprint density at radius 2 is 2.00 bits per heavy atom. The number of nitriles is 1. The number of hydrogen-bond acceptors (Lipinski definition) is 2. The van der Waals surface area contributed by atoms with Crippen LogP contribution in [0.25, 0.3) is 6.08 Å².